The van der Waals surface area contributed by atoms with E-state index in [0.29, 0.717) is 6.42 Å². The molecule has 0 aliphatic carbocycles. The standard InChI is InChI=1S/C24H28N2O2/c1-17(2)28-19-11-9-18(10-12-19)13-15-24-23(3,4)20-7-5-6-8-21(20)26(24)16-14-22(27)25-24/h5-13,15,17H,14,16H2,1-4H3,(H,25,27)/b15-13+/t24-/m0/s1. The first-order valence-corrected chi connectivity index (χ1v) is 9.98. The lowest BCUT2D eigenvalue weighted by Crippen LogP contribution is -2.68. The van der Waals surface area contributed by atoms with Crippen molar-refractivity contribution in [1.29, 1.82) is 0 Å². The summed E-state index contributed by atoms with van der Waals surface area (Å²) in [5.41, 5.74) is 2.73. The molecule has 1 saturated heterocycles. The van der Waals surface area contributed by atoms with E-state index in [0.717, 1.165) is 17.9 Å². The van der Waals surface area contributed by atoms with Gasteiger partial charge in [0.25, 0.3) is 0 Å². The number of carbonyl (C=O) groups excluding carboxylic acids is 1. The van der Waals surface area contributed by atoms with E-state index >= 15 is 0 Å². The van der Waals surface area contributed by atoms with Crippen LogP contribution in [0.1, 0.15) is 45.2 Å². The molecular weight excluding hydrogens is 348 g/mol. The number of nitrogens with one attached hydrogen (secondary N) is 1. The molecule has 2 heterocycles. The van der Waals surface area contributed by atoms with Gasteiger partial charge in [0.15, 0.2) is 0 Å². The van der Waals surface area contributed by atoms with Gasteiger partial charge < -0.3 is 15.0 Å². The topological polar surface area (TPSA) is 41.6 Å². The highest BCUT2D eigenvalue weighted by Gasteiger charge is 2.57. The van der Waals surface area contributed by atoms with Crippen LogP contribution in [0.2, 0.25) is 0 Å². The first-order chi connectivity index (χ1) is 13.3. The van der Waals surface area contributed by atoms with E-state index in [9.17, 15) is 4.79 Å². The first-order valence-electron chi connectivity index (χ1n) is 9.98. The second-order valence-electron chi connectivity index (χ2n) is 8.43. The Balaban J connectivity index is 1.71. The van der Waals surface area contributed by atoms with Crippen LogP contribution >= 0.6 is 0 Å². The van der Waals surface area contributed by atoms with E-state index in [1.165, 1.54) is 11.3 Å². The summed E-state index contributed by atoms with van der Waals surface area (Å²) in [6.07, 6.45) is 4.93. The van der Waals surface area contributed by atoms with Crippen LogP contribution in [0.25, 0.3) is 6.08 Å². The fourth-order valence-electron chi connectivity index (χ4n) is 4.47. The molecule has 4 nitrogen and oxygen atoms in total. The highest BCUT2D eigenvalue weighted by atomic mass is 16.5. The quantitative estimate of drug-likeness (QED) is 0.854. The number of carbonyl (C=O) groups is 1. The number of anilines is 1. The van der Waals surface area contributed by atoms with Crippen LogP contribution in [-0.4, -0.2) is 24.2 Å². The summed E-state index contributed by atoms with van der Waals surface area (Å²) in [6, 6.07) is 16.6. The first kappa shape index (κ1) is 18.6. The molecule has 1 fully saturated rings. The minimum absolute atomic E-state index is 0.0995. The number of nitrogens with zero attached hydrogens (tertiary/aromatic N) is 1. The van der Waals surface area contributed by atoms with Gasteiger partial charge >= 0.3 is 0 Å². The van der Waals surface area contributed by atoms with Crippen molar-refractivity contribution in [3.63, 3.8) is 0 Å². The van der Waals surface area contributed by atoms with Gasteiger partial charge in [-0.25, -0.2) is 0 Å². The number of amides is 1. The van der Waals surface area contributed by atoms with E-state index in [1.54, 1.807) is 0 Å². The van der Waals surface area contributed by atoms with Crippen LogP contribution in [-0.2, 0) is 10.2 Å². The third kappa shape index (κ3) is 2.88. The largest absolute Gasteiger partial charge is 0.491 e. The lowest BCUT2D eigenvalue weighted by Gasteiger charge is -2.49. The maximum Gasteiger partial charge on any atom is 0.223 e. The number of hydrogen-bond acceptors (Lipinski definition) is 3. The normalized spacial score (nSPS) is 22.9. The fourth-order valence-corrected chi connectivity index (χ4v) is 4.47. The van der Waals surface area contributed by atoms with Crippen molar-refractivity contribution in [2.75, 3.05) is 11.4 Å². The summed E-state index contributed by atoms with van der Waals surface area (Å²) in [7, 11) is 0. The smallest absolute Gasteiger partial charge is 0.223 e. The Morgan fingerprint density at radius 3 is 2.54 bits per heavy atom. The molecule has 28 heavy (non-hydrogen) atoms. The van der Waals surface area contributed by atoms with Gasteiger partial charge in [0.2, 0.25) is 5.91 Å². The summed E-state index contributed by atoms with van der Waals surface area (Å²) >= 11 is 0. The SMILES string of the molecule is CC(C)Oc1ccc(/C=C/[C@]23NC(=O)CCN2c2ccccc2C3(C)C)cc1. The third-order valence-electron chi connectivity index (χ3n) is 5.91. The van der Waals surface area contributed by atoms with Crippen molar-refractivity contribution < 1.29 is 9.53 Å². The van der Waals surface area contributed by atoms with Gasteiger partial charge in [0.1, 0.15) is 11.4 Å². The molecule has 2 aromatic carbocycles. The molecule has 2 aliphatic rings. The molecule has 1 amide bonds. The van der Waals surface area contributed by atoms with Crippen molar-refractivity contribution >= 4 is 17.7 Å². The Labute approximate surface area is 167 Å². The van der Waals surface area contributed by atoms with Crippen molar-refractivity contribution in [2.45, 2.75) is 51.3 Å². The molecule has 4 heteroatoms. The Bertz CT molecular complexity index is 914. The van der Waals surface area contributed by atoms with Crippen LogP contribution in [0.5, 0.6) is 5.75 Å². The van der Waals surface area contributed by atoms with E-state index in [2.05, 4.69) is 72.6 Å². The zero-order valence-corrected chi connectivity index (χ0v) is 17.0. The number of hydrogen-bond donors (Lipinski definition) is 1. The molecule has 146 valence electrons. The second-order valence-corrected chi connectivity index (χ2v) is 8.43. The van der Waals surface area contributed by atoms with Gasteiger partial charge in [0.05, 0.1) is 6.10 Å². The van der Waals surface area contributed by atoms with Crippen LogP contribution in [0.4, 0.5) is 5.69 Å². The maximum absolute atomic E-state index is 12.4. The summed E-state index contributed by atoms with van der Waals surface area (Å²) in [4.78, 5) is 14.8. The van der Waals surface area contributed by atoms with Crippen molar-refractivity contribution in [1.82, 2.24) is 5.32 Å². The van der Waals surface area contributed by atoms with Crippen LogP contribution in [0, 0.1) is 0 Å². The number of rotatable bonds is 4. The zero-order valence-electron chi connectivity index (χ0n) is 17.0. The molecule has 2 aromatic rings. The fraction of sp³-hybridized carbons (Fsp3) is 0.375. The average molecular weight is 377 g/mol. The number of para-hydroxylation sites is 1. The van der Waals surface area contributed by atoms with Crippen molar-refractivity contribution in [3.8, 4) is 5.75 Å². The van der Waals surface area contributed by atoms with Crippen molar-refractivity contribution in [2.24, 2.45) is 0 Å². The second kappa shape index (κ2) is 6.69. The number of benzene rings is 2. The van der Waals surface area contributed by atoms with Gasteiger partial charge in [-0.15, -0.1) is 0 Å². The van der Waals surface area contributed by atoms with Gasteiger partial charge in [-0.05, 0) is 49.2 Å². The predicted molar refractivity (Wildman–Crippen MR) is 114 cm³/mol. The summed E-state index contributed by atoms with van der Waals surface area (Å²) in [6.45, 7) is 9.18. The predicted octanol–water partition coefficient (Wildman–Crippen LogP) is 4.50. The molecule has 0 spiro atoms. The molecule has 1 N–H and O–H groups in total. The van der Waals surface area contributed by atoms with Crippen LogP contribution in [0.15, 0.2) is 54.6 Å². The Morgan fingerprint density at radius 2 is 1.82 bits per heavy atom. The van der Waals surface area contributed by atoms with E-state index in [-0.39, 0.29) is 17.4 Å². The van der Waals surface area contributed by atoms with E-state index < -0.39 is 5.66 Å². The zero-order chi connectivity index (χ0) is 19.9. The minimum Gasteiger partial charge on any atom is -0.491 e. The molecule has 0 saturated carbocycles. The summed E-state index contributed by atoms with van der Waals surface area (Å²) < 4.78 is 5.73. The van der Waals surface area contributed by atoms with Gasteiger partial charge in [-0.1, -0.05) is 50.3 Å². The molecule has 0 aromatic heterocycles. The van der Waals surface area contributed by atoms with Gasteiger partial charge in [-0.3, -0.25) is 4.79 Å². The molecule has 2 aliphatic heterocycles. The highest BCUT2D eigenvalue weighted by molar-refractivity contribution is 5.84. The monoisotopic (exact) mass is 376 g/mol. The maximum atomic E-state index is 12.4. The summed E-state index contributed by atoms with van der Waals surface area (Å²) in [5.74, 6) is 0.967. The molecule has 0 unspecified atom stereocenters. The highest BCUT2D eigenvalue weighted by Crippen LogP contribution is 2.52. The Kier molecular flexibility index (Phi) is 4.45. The van der Waals surface area contributed by atoms with Gasteiger partial charge in [-0.2, -0.15) is 0 Å². The minimum atomic E-state index is -0.570. The van der Waals surface area contributed by atoms with E-state index in [4.69, 9.17) is 4.74 Å². The molecule has 4 rings (SSSR count). The van der Waals surface area contributed by atoms with Gasteiger partial charge in [0, 0.05) is 24.1 Å². The van der Waals surface area contributed by atoms with Crippen molar-refractivity contribution in [3.05, 3.63) is 65.7 Å². The third-order valence-corrected chi connectivity index (χ3v) is 5.91. The van der Waals surface area contributed by atoms with Crippen LogP contribution in [0.3, 0.4) is 0 Å². The molecular formula is C24H28N2O2. The number of ether oxygens (including phenoxy) is 1. The van der Waals surface area contributed by atoms with E-state index in [1.807, 2.05) is 26.0 Å². The number of fused-ring (bicyclic) bond motifs is 3. The molecule has 1 atom stereocenters. The average Bonchev–Trinajstić information content (AvgIpc) is 2.85. The molecule has 0 radical (unpaired) electrons. The Hall–Kier alpha value is -2.75. The molecule has 0 bridgehead atoms. The lowest BCUT2D eigenvalue weighted by atomic mass is 9.74. The lowest BCUT2D eigenvalue weighted by molar-refractivity contribution is -0.124. The summed E-state index contributed by atoms with van der Waals surface area (Å²) in [5, 5.41) is 3.31. The Morgan fingerprint density at radius 1 is 1.11 bits per heavy atom. The van der Waals surface area contributed by atoms with Crippen LogP contribution < -0.4 is 15.0 Å².